The summed E-state index contributed by atoms with van der Waals surface area (Å²) >= 11 is 1.14. The number of hydrogen-bond donors (Lipinski definition) is 2. The van der Waals surface area contributed by atoms with Gasteiger partial charge in [-0.1, -0.05) is 0 Å². The molecular formula is C4H5NO4S2. The van der Waals surface area contributed by atoms with E-state index in [0.29, 0.717) is 0 Å². The van der Waals surface area contributed by atoms with Crippen LogP contribution in [0.5, 0.6) is 0 Å². The molecule has 1 rings (SSSR count). The van der Waals surface area contributed by atoms with Crippen molar-refractivity contribution in [3.05, 3.63) is 16.6 Å². The monoisotopic (exact) mass is 195 g/mol. The third kappa shape index (κ3) is 1.96. The van der Waals surface area contributed by atoms with Crippen LogP contribution in [0.1, 0.15) is 11.1 Å². The van der Waals surface area contributed by atoms with Crippen LogP contribution in [0.4, 0.5) is 0 Å². The third-order valence-corrected chi connectivity index (χ3v) is 2.40. The maximum Gasteiger partial charge on any atom is 0.298 e. The fourth-order valence-electron chi connectivity index (χ4n) is 0.496. The normalized spacial score (nSPS) is 14.7. The summed E-state index contributed by atoms with van der Waals surface area (Å²) in [7, 11) is -4.43. The van der Waals surface area contributed by atoms with Crippen LogP contribution >= 0.6 is 11.3 Å². The number of aromatic nitrogens is 1. The van der Waals surface area contributed by atoms with Crippen molar-refractivity contribution in [2.45, 2.75) is 5.44 Å². The Morgan fingerprint density at radius 2 is 2.27 bits per heavy atom. The van der Waals surface area contributed by atoms with Crippen molar-refractivity contribution in [3.8, 4) is 0 Å². The van der Waals surface area contributed by atoms with Crippen LogP contribution in [0.25, 0.3) is 0 Å². The van der Waals surface area contributed by atoms with E-state index in [1.165, 1.54) is 10.9 Å². The molecular weight excluding hydrogens is 190 g/mol. The molecule has 0 saturated carbocycles. The quantitative estimate of drug-likeness (QED) is 0.649. The van der Waals surface area contributed by atoms with Crippen molar-refractivity contribution in [1.82, 2.24) is 4.98 Å². The smallest absolute Gasteiger partial charge is 0.298 e. The third-order valence-electron chi connectivity index (χ3n) is 0.987. The zero-order valence-electron chi connectivity index (χ0n) is 5.21. The second kappa shape index (κ2) is 2.86. The average molecular weight is 195 g/mol. The summed E-state index contributed by atoms with van der Waals surface area (Å²) in [5.74, 6) is 0. The van der Waals surface area contributed by atoms with Gasteiger partial charge in [-0.15, -0.1) is 11.3 Å². The Morgan fingerprint density at radius 3 is 2.64 bits per heavy atom. The molecule has 0 aliphatic carbocycles. The van der Waals surface area contributed by atoms with E-state index in [4.69, 9.17) is 9.66 Å². The zero-order valence-corrected chi connectivity index (χ0v) is 6.84. The van der Waals surface area contributed by atoms with Crippen molar-refractivity contribution in [3.63, 3.8) is 0 Å². The van der Waals surface area contributed by atoms with E-state index in [0.717, 1.165) is 11.3 Å². The fraction of sp³-hybridized carbons (Fsp3) is 0.250. The molecule has 0 amide bonds. The molecule has 0 bridgehead atoms. The van der Waals surface area contributed by atoms with E-state index in [-0.39, 0.29) is 5.69 Å². The van der Waals surface area contributed by atoms with Gasteiger partial charge in [-0.2, -0.15) is 8.42 Å². The van der Waals surface area contributed by atoms with Crippen molar-refractivity contribution in [1.29, 1.82) is 0 Å². The summed E-state index contributed by atoms with van der Waals surface area (Å²) < 4.78 is 28.9. The van der Waals surface area contributed by atoms with Gasteiger partial charge in [0, 0.05) is 5.38 Å². The molecule has 1 atom stereocenters. The van der Waals surface area contributed by atoms with Crippen LogP contribution in [0.2, 0.25) is 0 Å². The van der Waals surface area contributed by atoms with Crippen LogP contribution in [-0.2, 0) is 10.1 Å². The molecule has 0 aliphatic heterocycles. The van der Waals surface area contributed by atoms with E-state index in [1.54, 1.807) is 0 Å². The number of nitrogens with zero attached hydrogens (tertiary/aromatic N) is 1. The largest absolute Gasteiger partial charge is 0.370 e. The van der Waals surface area contributed by atoms with Crippen LogP contribution < -0.4 is 0 Å². The summed E-state index contributed by atoms with van der Waals surface area (Å²) in [4.78, 5) is 3.51. The first-order valence-electron chi connectivity index (χ1n) is 2.54. The minimum atomic E-state index is -4.43. The van der Waals surface area contributed by atoms with Crippen LogP contribution in [0.3, 0.4) is 0 Å². The molecule has 0 aromatic carbocycles. The molecule has 11 heavy (non-hydrogen) atoms. The second-order valence-electron chi connectivity index (χ2n) is 1.78. The van der Waals surface area contributed by atoms with E-state index in [1.807, 2.05) is 0 Å². The first-order valence-corrected chi connectivity index (χ1v) is 4.99. The topological polar surface area (TPSA) is 87.5 Å². The predicted octanol–water partition coefficient (Wildman–Crippen LogP) is 0.0218. The summed E-state index contributed by atoms with van der Waals surface area (Å²) in [6.07, 6.45) is 0. The summed E-state index contributed by atoms with van der Waals surface area (Å²) in [6.45, 7) is 0. The molecule has 5 nitrogen and oxygen atoms in total. The maximum absolute atomic E-state index is 10.3. The SMILES string of the molecule is O=S(=O)(O)C(O)c1cscn1. The minimum absolute atomic E-state index is 0.0579. The molecule has 0 spiro atoms. The highest BCUT2D eigenvalue weighted by Crippen LogP contribution is 2.16. The lowest BCUT2D eigenvalue weighted by Gasteiger charge is -2.01. The minimum Gasteiger partial charge on any atom is -0.370 e. The van der Waals surface area contributed by atoms with Crippen molar-refractivity contribution in [2.75, 3.05) is 0 Å². The van der Waals surface area contributed by atoms with Gasteiger partial charge in [0.05, 0.1) is 11.2 Å². The molecule has 1 aromatic rings. The van der Waals surface area contributed by atoms with Gasteiger partial charge in [-0.25, -0.2) is 4.98 Å². The Labute approximate surface area is 67.1 Å². The highest BCUT2D eigenvalue weighted by atomic mass is 32.2. The van der Waals surface area contributed by atoms with E-state index in [9.17, 15) is 8.42 Å². The summed E-state index contributed by atoms with van der Waals surface area (Å²) in [5.41, 5.74) is -0.616. The number of thiazole rings is 1. The molecule has 0 radical (unpaired) electrons. The van der Waals surface area contributed by atoms with E-state index >= 15 is 0 Å². The number of hydrogen-bond acceptors (Lipinski definition) is 5. The Kier molecular flexibility index (Phi) is 2.23. The molecule has 1 aromatic heterocycles. The molecule has 62 valence electrons. The van der Waals surface area contributed by atoms with Crippen molar-refractivity contribution < 1.29 is 18.1 Å². The van der Waals surface area contributed by atoms with Gasteiger partial charge in [-0.05, 0) is 0 Å². The van der Waals surface area contributed by atoms with Gasteiger partial charge in [0.25, 0.3) is 10.1 Å². The summed E-state index contributed by atoms with van der Waals surface area (Å²) in [6, 6.07) is 0. The molecule has 1 heterocycles. The van der Waals surface area contributed by atoms with E-state index < -0.39 is 15.6 Å². The van der Waals surface area contributed by atoms with Crippen LogP contribution in [0, 0.1) is 0 Å². The first-order chi connectivity index (χ1) is 5.02. The van der Waals surface area contributed by atoms with Gasteiger partial charge in [-0.3, -0.25) is 4.55 Å². The first kappa shape index (κ1) is 8.60. The van der Waals surface area contributed by atoms with E-state index in [2.05, 4.69) is 4.98 Å². The standard InChI is InChI=1S/C4H5NO4S2/c6-4(11(7,8)9)3-1-10-2-5-3/h1-2,4,6H,(H,7,8,9). The van der Waals surface area contributed by atoms with Gasteiger partial charge < -0.3 is 5.11 Å². The Hall–Kier alpha value is -0.500. The summed E-state index contributed by atoms with van der Waals surface area (Å²) in [5, 5.41) is 10.2. The number of aliphatic hydroxyl groups excluding tert-OH is 1. The molecule has 0 aliphatic rings. The van der Waals surface area contributed by atoms with Gasteiger partial charge >= 0.3 is 0 Å². The van der Waals surface area contributed by atoms with Crippen molar-refractivity contribution in [2.24, 2.45) is 0 Å². The van der Waals surface area contributed by atoms with Gasteiger partial charge in [0.1, 0.15) is 0 Å². The molecule has 0 saturated heterocycles. The highest BCUT2D eigenvalue weighted by molar-refractivity contribution is 7.85. The molecule has 2 N–H and O–H groups in total. The van der Waals surface area contributed by atoms with Gasteiger partial charge in [0.2, 0.25) is 5.44 Å². The van der Waals surface area contributed by atoms with Gasteiger partial charge in [0.15, 0.2) is 0 Å². The Morgan fingerprint density at radius 1 is 1.64 bits per heavy atom. The van der Waals surface area contributed by atoms with Crippen LogP contribution in [0.15, 0.2) is 10.9 Å². The lowest BCUT2D eigenvalue weighted by Crippen LogP contribution is -2.11. The number of aliphatic hydroxyl groups is 1. The highest BCUT2D eigenvalue weighted by Gasteiger charge is 2.23. The Balaban J connectivity index is 2.97. The maximum atomic E-state index is 10.3. The fourth-order valence-corrected chi connectivity index (χ4v) is 1.59. The van der Waals surface area contributed by atoms with Crippen LogP contribution in [-0.4, -0.2) is 23.1 Å². The lowest BCUT2D eigenvalue weighted by molar-refractivity contribution is 0.234. The molecule has 1 unspecified atom stereocenters. The van der Waals surface area contributed by atoms with Crippen molar-refractivity contribution >= 4 is 21.5 Å². The Bertz CT molecular complexity index is 316. The second-order valence-corrected chi connectivity index (χ2v) is 3.98. The molecule has 0 fully saturated rings. The zero-order chi connectivity index (χ0) is 8.48. The predicted molar refractivity (Wildman–Crippen MR) is 38.6 cm³/mol. The lowest BCUT2D eigenvalue weighted by atomic mass is 10.5. The number of rotatable bonds is 2. The average Bonchev–Trinajstić information content (AvgIpc) is 2.34. The molecule has 7 heteroatoms.